The van der Waals surface area contributed by atoms with Gasteiger partial charge < -0.3 is 14.5 Å². The molecule has 5 nitrogen and oxygen atoms in total. The third-order valence-electron chi connectivity index (χ3n) is 5.93. The SMILES string of the molecule is O=C(c1cccc(OCC2CCCN(C(=O)c3ccc(F)c(Cl)c3)C2)c1)N1CCCC1. The first-order chi connectivity index (χ1) is 15.0. The van der Waals surface area contributed by atoms with E-state index < -0.39 is 5.82 Å². The fourth-order valence-corrected chi connectivity index (χ4v) is 4.41. The fourth-order valence-electron chi connectivity index (χ4n) is 4.23. The zero-order valence-electron chi connectivity index (χ0n) is 17.4. The maximum absolute atomic E-state index is 13.4. The number of halogens is 2. The minimum atomic E-state index is -0.534. The van der Waals surface area contributed by atoms with Crippen LogP contribution in [-0.4, -0.2) is 54.4 Å². The van der Waals surface area contributed by atoms with Gasteiger partial charge >= 0.3 is 0 Å². The molecular weight excluding hydrogens is 419 g/mol. The number of carbonyl (C=O) groups is 2. The molecule has 0 aliphatic carbocycles. The standard InChI is InChI=1S/C24H26ClFN2O3/c25-21-14-19(8-9-22(21)26)24(30)28-12-4-5-17(15-28)16-31-20-7-3-6-18(13-20)23(29)27-10-1-2-11-27/h3,6-9,13-14,17H,1-2,4-5,10-12,15-16H2. The van der Waals surface area contributed by atoms with Gasteiger partial charge in [-0.05, 0) is 62.1 Å². The lowest BCUT2D eigenvalue weighted by Gasteiger charge is -2.32. The summed E-state index contributed by atoms with van der Waals surface area (Å²) in [7, 11) is 0. The molecule has 0 spiro atoms. The molecule has 0 saturated carbocycles. The van der Waals surface area contributed by atoms with E-state index in [0.717, 1.165) is 38.8 Å². The first kappa shape index (κ1) is 21.6. The van der Waals surface area contributed by atoms with Crippen molar-refractivity contribution in [2.24, 2.45) is 5.92 Å². The Labute approximate surface area is 186 Å². The Hall–Kier alpha value is -2.60. The molecule has 2 aliphatic heterocycles. The van der Waals surface area contributed by atoms with Crippen LogP contribution in [0.5, 0.6) is 5.75 Å². The van der Waals surface area contributed by atoms with Crippen molar-refractivity contribution >= 4 is 23.4 Å². The Morgan fingerprint density at radius 2 is 1.68 bits per heavy atom. The molecule has 2 amide bonds. The summed E-state index contributed by atoms with van der Waals surface area (Å²) < 4.78 is 19.4. The van der Waals surface area contributed by atoms with E-state index >= 15 is 0 Å². The summed E-state index contributed by atoms with van der Waals surface area (Å²) in [5.41, 5.74) is 1.04. The van der Waals surface area contributed by atoms with E-state index in [4.69, 9.17) is 16.3 Å². The molecule has 1 atom stereocenters. The lowest BCUT2D eigenvalue weighted by Crippen LogP contribution is -2.41. The van der Waals surface area contributed by atoms with Crippen LogP contribution in [0.2, 0.25) is 5.02 Å². The van der Waals surface area contributed by atoms with E-state index in [9.17, 15) is 14.0 Å². The second kappa shape index (κ2) is 9.69. The molecule has 0 N–H and O–H groups in total. The van der Waals surface area contributed by atoms with Crippen molar-refractivity contribution in [1.82, 2.24) is 9.80 Å². The van der Waals surface area contributed by atoms with Crippen LogP contribution >= 0.6 is 11.6 Å². The first-order valence-corrected chi connectivity index (χ1v) is 11.2. The zero-order valence-corrected chi connectivity index (χ0v) is 18.1. The van der Waals surface area contributed by atoms with Crippen LogP contribution < -0.4 is 4.74 Å². The van der Waals surface area contributed by atoms with Crippen LogP contribution in [0.25, 0.3) is 0 Å². The number of rotatable bonds is 5. The van der Waals surface area contributed by atoms with Gasteiger partial charge in [0.1, 0.15) is 11.6 Å². The number of ether oxygens (including phenoxy) is 1. The summed E-state index contributed by atoms with van der Waals surface area (Å²) in [6, 6.07) is 11.4. The predicted octanol–water partition coefficient (Wildman–Crippen LogP) is 4.65. The Balaban J connectivity index is 1.34. The minimum absolute atomic E-state index is 0.0499. The normalized spacial score (nSPS) is 18.8. The highest BCUT2D eigenvalue weighted by Gasteiger charge is 2.26. The Bertz CT molecular complexity index is 962. The maximum atomic E-state index is 13.4. The lowest BCUT2D eigenvalue weighted by molar-refractivity contribution is 0.0632. The van der Waals surface area contributed by atoms with Crippen molar-refractivity contribution in [2.75, 3.05) is 32.8 Å². The van der Waals surface area contributed by atoms with Crippen molar-refractivity contribution in [3.63, 3.8) is 0 Å². The molecule has 4 rings (SSSR count). The van der Waals surface area contributed by atoms with E-state index in [1.54, 1.807) is 11.0 Å². The van der Waals surface area contributed by atoms with Crippen molar-refractivity contribution < 1.29 is 18.7 Å². The van der Waals surface area contributed by atoms with Crippen molar-refractivity contribution in [2.45, 2.75) is 25.7 Å². The molecule has 1 unspecified atom stereocenters. The van der Waals surface area contributed by atoms with Gasteiger partial charge in [-0.2, -0.15) is 0 Å². The van der Waals surface area contributed by atoms with Crippen LogP contribution in [0, 0.1) is 11.7 Å². The summed E-state index contributed by atoms with van der Waals surface area (Å²) in [6.45, 7) is 3.32. The molecule has 2 aromatic rings. The molecule has 0 bridgehead atoms. The van der Waals surface area contributed by atoms with Gasteiger partial charge in [-0.25, -0.2) is 4.39 Å². The van der Waals surface area contributed by atoms with Gasteiger partial charge in [-0.3, -0.25) is 9.59 Å². The van der Waals surface area contributed by atoms with E-state index in [1.165, 1.54) is 18.2 Å². The van der Waals surface area contributed by atoms with Gasteiger partial charge in [0.15, 0.2) is 0 Å². The van der Waals surface area contributed by atoms with E-state index in [0.29, 0.717) is 36.6 Å². The largest absolute Gasteiger partial charge is 0.493 e. The highest BCUT2D eigenvalue weighted by atomic mass is 35.5. The van der Waals surface area contributed by atoms with Crippen LogP contribution in [0.1, 0.15) is 46.4 Å². The summed E-state index contributed by atoms with van der Waals surface area (Å²) in [5, 5.41) is -0.0499. The number of hydrogen-bond acceptors (Lipinski definition) is 3. The molecule has 2 fully saturated rings. The van der Waals surface area contributed by atoms with Crippen LogP contribution in [0.3, 0.4) is 0 Å². The lowest BCUT2D eigenvalue weighted by atomic mass is 9.98. The van der Waals surface area contributed by atoms with Crippen molar-refractivity contribution in [3.8, 4) is 5.75 Å². The quantitative estimate of drug-likeness (QED) is 0.674. The Kier molecular flexibility index (Phi) is 6.76. The molecular formula is C24H26ClFN2O3. The fraction of sp³-hybridized carbons (Fsp3) is 0.417. The van der Waals surface area contributed by atoms with Crippen molar-refractivity contribution in [3.05, 3.63) is 64.4 Å². The van der Waals surface area contributed by atoms with Gasteiger partial charge in [0, 0.05) is 43.2 Å². The summed E-state index contributed by atoms with van der Waals surface area (Å²) >= 11 is 5.83. The van der Waals surface area contributed by atoms with Gasteiger partial charge in [0.05, 0.1) is 11.6 Å². The van der Waals surface area contributed by atoms with E-state index in [2.05, 4.69) is 0 Å². The molecule has 31 heavy (non-hydrogen) atoms. The molecule has 2 saturated heterocycles. The van der Waals surface area contributed by atoms with Gasteiger partial charge in [-0.15, -0.1) is 0 Å². The second-order valence-electron chi connectivity index (χ2n) is 8.23. The second-order valence-corrected chi connectivity index (χ2v) is 8.63. The van der Waals surface area contributed by atoms with Gasteiger partial charge in [0.25, 0.3) is 11.8 Å². The highest BCUT2D eigenvalue weighted by Crippen LogP contribution is 2.23. The highest BCUT2D eigenvalue weighted by molar-refractivity contribution is 6.31. The summed E-state index contributed by atoms with van der Waals surface area (Å²) in [6.07, 6.45) is 3.95. The van der Waals surface area contributed by atoms with Gasteiger partial charge in [0.2, 0.25) is 0 Å². The first-order valence-electron chi connectivity index (χ1n) is 10.8. The van der Waals surface area contributed by atoms with Gasteiger partial charge in [-0.1, -0.05) is 17.7 Å². The summed E-state index contributed by atoms with van der Waals surface area (Å²) in [5.74, 6) is 0.221. The number of nitrogens with zero attached hydrogens (tertiary/aromatic N) is 2. The topological polar surface area (TPSA) is 49.9 Å². The number of carbonyl (C=O) groups excluding carboxylic acids is 2. The van der Waals surface area contributed by atoms with Crippen LogP contribution in [0.4, 0.5) is 4.39 Å². The number of hydrogen-bond donors (Lipinski definition) is 0. The summed E-state index contributed by atoms with van der Waals surface area (Å²) in [4.78, 5) is 29.0. The van der Waals surface area contributed by atoms with E-state index in [-0.39, 0.29) is 22.8 Å². The van der Waals surface area contributed by atoms with Crippen LogP contribution in [0.15, 0.2) is 42.5 Å². The number of piperidine rings is 1. The van der Waals surface area contributed by atoms with Crippen LogP contribution in [-0.2, 0) is 0 Å². The minimum Gasteiger partial charge on any atom is -0.493 e. The molecule has 164 valence electrons. The molecule has 0 radical (unpaired) electrons. The Morgan fingerprint density at radius 1 is 0.968 bits per heavy atom. The molecule has 2 aliphatic rings. The average Bonchev–Trinajstić information content (AvgIpc) is 3.34. The third-order valence-corrected chi connectivity index (χ3v) is 6.22. The molecule has 0 aromatic heterocycles. The third kappa shape index (κ3) is 5.18. The number of benzene rings is 2. The molecule has 2 aromatic carbocycles. The average molecular weight is 445 g/mol. The zero-order chi connectivity index (χ0) is 21.8. The number of likely N-dealkylation sites (tertiary alicyclic amines) is 2. The number of amides is 2. The van der Waals surface area contributed by atoms with E-state index in [1.807, 2.05) is 23.1 Å². The molecule has 7 heteroatoms. The Morgan fingerprint density at radius 3 is 2.45 bits per heavy atom. The predicted molar refractivity (Wildman–Crippen MR) is 117 cm³/mol. The van der Waals surface area contributed by atoms with Crippen molar-refractivity contribution in [1.29, 1.82) is 0 Å². The maximum Gasteiger partial charge on any atom is 0.253 e. The smallest absolute Gasteiger partial charge is 0.253 e. The molecule has 2 heterocycles. The monoisotopic (exact) mass is 444 g/mol.